The first kappa shape index (κ1) is 20.2. The maximum absolute atomic E-state index is 12.9. The predicted molar refractivity (Wildman–Crippen MR) is 108 cm³/mol. The number of likely N-dealkylation sites (N-methyl/N-ethyl adjacent to an activating group) is 1. The van der Waals surface area contributed by atoms with Gasteiger partial charge in [-0.3, -0.25) is 9.69 Å². The third-order valence-electron chi connectivity index (χ3n) is 4.85. The van der Waals surface area contributed by atoms with E-state index in [2.05, 4.69) is 17.1 Å². The van der Waals surface area contributed by atoms with Crippen LogP contribution in [0, 0.1) is 0 Å². The average Bonchev–Trinajstić information content (AvgIpc) is 3.09. The van der Waals surface area contributed by atoms with Gasteiger partial charge in [0, 0.05) is 24.0 Å². The number of benzene rings is 1. The second-order valence-corrected chi connectivity index (χ2v) is 7.44. The van der Waals surface area contributed by atoms with Gasteiger partial charge in [-0.15, -0.1) is 11.3 Å². The molecule has 3 rings (SSSR count). The van der Waals surface area contributed by atoms with E-state index < -0.39 is 5.97 Å². The molecule has 0 spiro atoms. The highest BCUT2D eigenvalue weighted by atomic mass is 32.1. The summed E-state index contributed by atoms with van der Waals surface area (Å²) in [7, 11) is 4.40. The highest BCUT2D eigenvalue weighted by Gasteiger charge is 2.29. The second-order valence-electron chi connectivity index (χ2n) is 6.34. The fraction of sp³-hybridized carbons (Fsp3) is 0.400. The number of rotatable bonds is 6. The van der Waals surface area contributed by atoms with Crippen LogP contribution in [0.3, 0.4) is 0 Å². The van der Waals surface area contributed by atoms with Crippen molar-refractivity contribution in [2.75, 3.05) is 39.7 Å². The molecule has 2 aromatic rings. The topological polar surface area (TPSA) is 77.1 Å². The summed E-state index contributed by atoms with van der Waals surface area (Å²) >= 11 is 1.43. The molecule has 150 valence electrons. The number of hydrogen-bond donors (Lipinski definition) is 1. The fourth-order valence-corrected chi connectivity index (χ4v) is 4.56. The molecule has 0 unspecified atom stereocenters. The van der Waals surface area contributed by atoms with Crippen LogP contribution in [0.25, 0.3) is 0 Å². The third kappa shape index (κ3) is 3.83. The molecule has 1 N–H and O–H groups in total. The van der Waals surface area contributed by atoms with Crippen LogP contribution in [0.1, 0.15) is 38.1 Å². The Morgan fingerprint density at radius 2 is 2.00 bits per heavy atom. The Labute approximate surface area is 168 Å². The van der Waals surface area contributed by atoms with E-state index in [-0.39, 0.29) is 5.91 Å². The van der Waals surface area contributed by atoms with Crippen LogP contribution in [0.2, 0.25) is 0 Å². The molecule has 1 aliphatic heterocycles. The highest BCUT2D eigenvalue weighted by molar-refractivity contribution is 7.17. The van der Waals surface area contributed by atoms with Crippen LogP contribution < -0.4 is 14.8 Å². The molecule has 28 heavy (non-hydrogen) atoms. The van der Waals surface area contributed by atoms with E-state index in [0.29, 0.717) is 27.6 Å². The van der Waals surface area contributed by atoms with Gasteiger partial charge in [-0.2, -0.15) is 0 Å². The molecule has 0 radical (unpaired) electrons. The zero-order valence-electron chi connectivity index (χ0n) is 16.5. The number of nitrogens with zero attached hydrogens (tertiary/aromatic N) is 1. The highest BCUT2D eigenvalue weighted by Crippen LogP contribution is 2.38. The largest absolute Gasteiger partial charge is 0.497 e. The maximum atomic E-state index is 12.9. The molecule has 2 heterocycles. The molecule has 1 aromatic heterocycles. The molecule has 0 saturated heterocycles. The van der Waals surface area contributed by atoms with E-state index in [1.807, 2.05) is 0 Å². The van der Waals surface area contributed by atoms with Crippen LogP contribution in [0.15, 0.2) is 18.2 Å². The van der Waals surface area contributed by atoms with E-state index >= 15 is 0 Å². The number of nitrogens with one attached hydrogen (secondary N) is 1. The standard InChI is InChI=1S/C20H24N2O5S/c1-5-22-9-8-14-16(11-22)28-19(17(14)20(24)27-4)21-18(23)13-7-6-12(25-2)10-15(13)26-3/h6-7,10H,5,8-9,11H2,1-4H3,(H,21,23). The van der Waals surface area contributed by atoms with E-state index in [4.69, 9.17) is 14.2 Å². The van der Waals surface area contributed by atoms with Crippen molar-refractivity contribution in [2.45, 2.75) is 19.9 Å². The van der Waals surface area contributed by atoms with Crippen LogP contribution in [0.5, 0.6) is 11.5 Å². The molecule has 0 aliphatic carbocycles. The van der Waals surface area contributed by atoms with E-state index in [9.17, 15) is 9.59 Å². The average molecular weight is 404 g/mol. The van der Waals surface area contributed by atoms with Gasteiger partial charge >= 0.3 is 5.97 Å². The smallest absolute Gasteiger partial charge is 0.341 e. The van der Waals surface area contributed by atoms with Crippen LogP contribution >= 0.6 is 11.3 Å². The van der Waals surface area contributed by atoms with Crippen molar-refractivity contribution in [2.24, 2.45) is 0 Å². The summed E-state index contributed by atoms with van der Waals surface area (Å²) in [6.07, 6.45) is 0.756. The van der Waals surface area contributed by atoms with Crippen molar-refractivity contribution in [3.63, 3.8) is 0 Å². The molecular weight excluding hydrogens is 380 g/mol. The molecule has 1 aliphatic rings. The van der Waals surface area contributed by atoms with Gasteiger partial charge in [-0.05, 0) is 30.7 Å². The van der Waals surface area contributed by atoms with Crippen molar-refractivity contribution in [1.29, 1.82) is 0 Å². The lowest BCUT2D eigenvalue weighted by Crippen LogP contribution is -2.29. The number of ether oxygens (including phenoxy) is 3. The van der Waals surface area contributed by atoms with Gasteiger partial charge in [-0.25, -0.2) is 4.79 Å². The molecule has 0 atom stereocenters. The lowest BCUT2D eigenvalue weighted by Gasteiger charge is -2.25. The lowest BCUT2D eigenvalue weighted by molar-refractivity contribution is 0.0600. The van der Waals surface area contributed by atoms with Crippen LogP contribution in [-0.4, -0.2) is 51.2 Å². The van der Waals surface area contributed by atoms with Gasteiger partial charge in [0.05, 0.1) is 32.5 Å². The number of fused-ring (bicyclic) bond motifs is 1. The Morgan fingerprint density at radius 1 is 1.21 bits per heavy atom. The fourth-order valence-electron chi connectivity index (χ4n) is 3.29. The second kappa shape index (κ2) is 8.62. The first-order valence-corrected chi connectivity index (χ1v) is 9.82. The van der Waals surface area contributed by atoms with Gasteiger partial charge < -0.3 is 19.5 Å². The minimum absolute atomic E-state index is 0.351. The van der Waals surface area contributed by atoms with Crippen LogP contribution in [0.4, 0.5) is 5.00 Å². The number of thiophene rings is 1. The minimum Gasteiger partial charge on any atom is -0.497 e. The van der Waals surface area contributed by atoms with Crippen molar-refractivity contribution in [3.05, 3.63) is 39.8 Å². The number of hydrogen-bond acceptors (Lipinski definition) is 7. The first-order valence-electron chi connectivity index (χ1n) is 9.00. The Hall–Kier alpha value is -2.58. The number of esters is 1. The van der Waals surface area contributed by atoms with Gasteiger partial charge in [0.15, 0.2) is 0 Å². The first-order chi connectivity index (χ1) is 13.5. The normalized spacial score (nSPS) is 13.6. The third-order valence-corrected chi connectivity index (χ3v) is 5.99. The molecule has 0 fully saturated rings. The van der Waals surface area contributed by atoms with Crippen molar-refractivity contribution < 1.29 is 23.8 Å². The summed E-state index contributed by atoms with van der Waals surface area (Å²) < 4.78 is 15.5. The number of amides is 1. The molecule has 0 saturated carbocycles. The summed E-state index contributed by atoms with van der Waals surface area (Å²) in [6.45, 7) is 4.69. The molecule has 8 heteroatoms. The molecule has 1 aromatic carbocycles. The molecule has 0 bridgehead atoms. The zero-order valence-corrected chi connectivity index (χ0v) is 17.3. The predicted octanol–water partition coefficient (Wildman–Crippen LogP) is 3.18. The summed E-state index contributed by atoms with van der Waals surface area (Å²) in [5, 5.41) is 3.40. The number of carbonyl (C=O) groups is 2. The SMILES string of the molecule is CCN1CCc2c(sc(NC(=O)c3ccc(OC)cc3OC)c2C(=O)OC)C1. The Kier molecular flexibility index (Phi) is 6.21. The number of anilines is 1. The zero-order chi connectivity index (χ0) is 20.3. The summed E-state index contributed by atoms with van der Waals surface area (Å²) in [6, 6.07) is 4.98. The molecular formula is C20H24N2O5S. The van der Waals surface area contributed by atoms with E-state index in [1.165, 1.54) is 25.6 Å². The molecule has 1 amide bonds. The quantitative estimate of drug-likeness (QED) is 0.745. The molecule has 7 nitrogen and oxygen atoms in total. The Bertz CT molecular complexity index is 893. The summed E-state index contributed by atoms with van der Waals surface area (Å²) in [4.78, 5) is 28.7. The van der Waals surface area contributed by atoms with E-state index in [1.54, 1.807) is 25.3 Å². The van der Waals surface area contributed by atoms with Gasteiger partial charge in [0.2, 0.25) is 0 Å². The lowest BCUT2D eigenvalue weighted by atomic mass is 10.0. The van der Waals surface area contributed by atoms with Gasteiger partial charge in [0.1, 0.15) is 16.5 Å². The Morgan fingerprint density at radius 3 is 2.64 bits per heavy atom. The van der Waals surface area contributed by atoms with Gasteiger partial charge in [-0.1, -0.05) is 6.92 Å². The minimum atomic E-state index is -0.431. The van der Waals surface area contributed by atoms with Gasteiger partial charge in [0.25, 0.3) is 5.91 Å². The monoisotopic (exact) mass is 404 g/mol. The van der Waals surface area contributed by atoms with E-state index in [0.717, 1.165) is 36.5 Å². The summed E-state index contributed by atoms with van der Waals surface area (Å²) in [5.74, 6) is 0.208. The number of methoxy groups -OCH3 is 3. The Balaban J connectivity index is 1.95. The summed E-state index contributed by atoms with van der Waals surface area (Å²) in [5.41, 5.74) is 1.79. The maximum Gasteiger partial charge on any atom is 0.341 e. The number of carbonyl (C=O) groups excluding carboxylic acids is 2. The van der Waals surface area contributed by atoms with Crippen LogP contribution in [-0.2, 0) is 17.7 Å². The van der Waals surface area contributed by atoms with Crippen molar-refractivity contribution in [3.8, 4) is 11.5 Å². The van der Waals surface area contributed by atoms with Crippen molar-refractivity contribution >= 4 is 28.2 Å². The van der Waals surface area contributed by atoms with Crippen molar-refractivity contribution in [1.82, 2.24) is 4.90 Å².